The molecule has 0 radical (unpaired) electrons. The van der Waals surface area contributed by atoms with Gasteiger partial charge < -0.3 is 17.8 Å². The van der Waals surface area contributed by atoms with Crippen molar-refractivity contribution in [3.8, 4) is 0 Å². The summed E-state index contributed by atoms with van der Waals surface area (Å²) in [5, 5.41) is 0. The van der Waals surface area contributed by atoms with Gasteiger partial charge in [-0.3, -0.25) is 0 Å². The lowest BCUT2D eigenvalue weighted by Crippen LogP contribution is -2.55. The van der Waals surface area contributed by atoms with Crippen LogP contribution in [0.25, 0.3) is 0 Å². The van der Waals surface area contributed by atoms with Crippen LogP contribution in [0.3, 0.4) is 0 Å². The summed E-state index contributed by atoms with van der Waals surface area (Å²) in [5.41, 5.74) is 0. The van der Waals surface area contributed by atoms with Crippen molar-refractivity contribution < 1.29 is 13.3 Å². The highest BCUT2D eigenvalue weighted by Gasteiger charge is 2.42. The minimum Gasteiger partial charge on any atom is -0.374 e. The van der Waals surface area contributed by atoms with Crippen LogP contribution in [0.2, 0.25) is 25.7 Å². The fraction of sp³-hybridized carbons (Fsp3) is 1.00. The fourth-order valence-corrected chi connectivity index (χ4v) is 5.32. The highest BCUT2D eigenvalue weighted by Crippen LogP contribution is 2.21. The summed E-state index contributed by atoms with van der Waals surface area (Å²) < 4.78 is 20.2. The minimum absolute atomic E-state index is 0.0429. The molecule has 0 saturated carbocycles. The van der Waals surface area contributed by atoms with Crippen LogP contribution in [0.4, 0.5) is 0 Å². The molecule has 0 fully saturated rings. The maximum Gasteiger partial charge on any atom is 0.501 e. The van der Waals surface area contributed by atoms with E-state index in [0.717, 1.165) is 6.04 Å². The molecule has 0 aliphatic carbocycles. The summed E-state index contributed by atoms with van der Waals surface area (Å²) in [6.07, 6.45) is 0.0429. The van der Waals surface area contributed by atoms with Gasteiger partial charge in [-0.2, -0.15) is 0 Å². The normalized spacial score (nSPS) is 15.2. The zero-order valence-corrected chi connectivity index (χ0v) is 15.4. The van der Waals surface area contributed by atoms with Gasteiger partial charge in [0.25, 0.3) is 0 Å². The molecule has 0 bridgehead atoms. The highest BCUT2D eigenvalue weighted by molar-refractivity contribution is 6.73. The van der Waals surface area contributed by atoms with Crippen LogP contribution in [0.5, 0.6) is 0 Å². The Balaban J connectivity index is 4.75. The van der Waals surface area contributed by atoms with Crippen molar-refractivity contribution in [3.63, 3.8) is 0 Å². The summed E-state index contributed by atoms with van der Waals surface area (Å²) in [5.74, 6) is 0. The molecule has 0 aromatic heterocycles. The smallest absolute Gasteiger partial charge is 0.374 e. The van der Waals surface area contributed by atoms with Crippen molar-refractivity contribution in [1.29, 1.82) is 0 Å². The zero-order valence-electron chi connectivity index (χ0n) is 13.4. The Labute approximate surface area is 115 Å². The Morgan fingerprint density at radius 3 is 1.72 bits per heavy atom. The largest absolute Gasteiger partial charge is 0.501 e. The number of rotatable bonds is 9. The minimum atomic E-state index is -2.49. The van der Waals surface area contributed by atoms with Gasteiger partial charge in [0.05, 0.1) is 6.23 Å². The van der Waals surface area contributed by atoms with Gasteiger partial charge in [-0.1, -0.05) is 26.6 Å². The van der Waals surface area contributed by atoms with E-state index in [-0.39, 0.29) is 6.23 Å². The molecule has 18 heavy (non-hydrogen) atoms. The molecule has 4 nitrogen and oxygen atoms in total. The van der Waals surface area contributed by atoms with Crippen molar-refractivity contribution in [2.45, 2.75) is 59.6 Å². The van der Waals surface area contributed by atoms with Crippen molar-refractivity contribution in [1.82, 2.24) is 4.57 Å². The van der Waals surface area contributed by atoms with E-state index in [1.165, 1.54) is 0 Å². The first-order valence-electron chi connectivity index (χ1n) is 6.91. The molecular weight excluding hydrogens is 262 g/mol. The van der Waals surface area contributed by atoms with Gasteiger partial charge in [-0.05, 0) is 27.8 Å². The van der Waals surface area contributed by atoms with Crippen LogP contribution in [0, 0.1) is 0 Å². The number of hydrogen-bond acceptors (Lipinski definition) is 4. The van der Waals surface area contributed by atoms with Crippen molar-refractivity contribution in [3.05, 3.63) is 0 Å². The third kappa shape index (κ3) is 5.50. The van der Waals surface area contributed by atoms with Gasteiger partial charge in [0, 0.05) is 19.3 Å². The molecule has 0 N–H and O–H groups in total. The molecule has 0 saturated heterocycles. The quantitative estimate of drug-likeness (QED) is 0.483. The van der Waals surface area contributed by atoms with E-state index < -0.39 is 17.0 Å². The molecule has 0 rings (SSSR count). The number of nitrogens with zero attached hydrogens (tertiary/aromatic N) is 1. The monoisotopic (exact) mass is 293 g/mol. The second-order valence-electron chi connectivity index (χ2n) is 5.40. The first-order chi connectivity index (χ1) is 8.22. The summed E-state index contributed by atoms with van der Waals surface area (Å²) in [7, 11) is -1.73. The molecule has 0 aliphatic rings. The van der Waals surface area contributed by atoms with Crippen LogP contribution < -0.4 is 0 Å². The Morgan fingerprint density at radius 2 is 1.44 bits per heavy atom. The Morgan fingerprint density at radius 1 is 1.00 bits per heavy atom. The summed E-state index contributed by atoms with van der Waals surface area (Å²) in [4.78, 5) is 0. The van der Waals surface area contributed by atoms with Gasteiger partial charge in [0.2, 0.25) is 0 Å². The molecule has 1 atom stereocenters. The number of hydrogen-bond donors (Lipinski definition) is 0. The highest BCUT2D eigenvalue weighted by atomic mass is 28.4. The van der Waals surface area contributed by atoms with Crippen molar-refractivity contribution >= 4 is 17.0 Å². The summed E-state index contributed by atoms with van der Waals surface area (Å²) in [6, 6.07) is 0.818. The second-order valence-corrected chi connectivity index (χ2v) is 13.3. The van der Waals surface area contributed by atoms with E-state index >= 15 is 0 Å². The molecule has 1 unspecified atom stereocenters. The SMILES string of the molecule is CCO[Si](CC)(OCC)OC(C)N(C)[Si](C)(C)C. The van der Waals surface area contributed by atoms with E-state index in [1.807, 2.05) is 13.8 Å². The molecule has 0 aromatic carbocycles. The maximum atomic E-state index is 6.21. The fourth-order valence-electron chi connectivity index (χ4n) is 1.72. The van der Waals surface area contributed by atoms with Gasteiger partial charge in [0.15, 0.2) is 0 Å². The third-order valence-corrected chi connectivity index (χ3v) is 8.62. The van der Waals surface area contributed by atoms with E-state index in [1.54, 1.807) is 0 Å². The molecule has 6 heteroatoms. The van der Waals surface area contributed by atoms with Crippen LogP contribution in [-0.4, -0.2) is 48.1 Å². The molecule has 0 spiro atoms. The summed E-state index contributed by atoms with van der Waals surface area (Å²) in [6.45, 7) is 16.4. The predicted molar refractivity (Wildman–Crippen MR) is 81.1 cm³/mol. The molecule has 0 aromatic rings. The Kier molecular flexibility index (Phi) is 7.88. The van der Waals surface area contributed by atoms with Crippen molar-refractivity contribution in [2.75, 3.05) is 20.3 Å². The lowest BCUT2D eigenvalue weighted by Gasteiger charge is -2.39. The van der Waals surface area contributed by atoms with E-state index in [2.05, 4.69) is 45.1 Å². The predicted octanol–water partition coefficient (Wildman–Crippen LogP) is 3.15. The molecule has 110 valence electrons. The zero-order chi connectivity index (χ0) is 14.4. The molecule has 0 heterocycles. The van der Waals surface area contributed by atoms with E-state index in [0.29, 0.717) is 13.2 Å². The van der Waals surface area contributed by atoms with E-state index in [4.69, 9.17) is 13.3 Å². The standard InChI is InChI=1S/C12H31NO3Si2/c1-9-14-18(11-3,15-10-2)16-12(4)13(5)17(6,7)8/h12H,9-11H2,1-8H3. The Hall–Kier alpha value is 0.274. The van der Waals surface area contributed by atoms with Gasteiger partial charge in [-0.25, -0.2) is 0 Å². The molecule has 0 amide bonds. The van der Waals surface area contributed by atoms with Crippen LogP contribution in [-0.2, 0) is 13.3 Å². The molecular formula is C12H31NO3Si2. The topological polar surface area (TPSA) is 30.9 Å². The Bertz CT molecular complexity index is 228. The third-order valence-electron chi connectivity index (χ3n) is 3.12. The van der Waals surface area contributed by atoms with Crippen LogP contribution in [0.15, 0.2) is 0 Å². The van der Waals surface area contributed by atoms with Gasteiger partial charge in [0.1, 0.15) is 8.24 Å². The maximum absolute atomic E-state index is 6.21. The first kappa shape index (κ1) is 18.3. The lowest BCUT2D eigenvalue weighted by atomic mass is 10.7. The average Bonchev–Trinajstić information content (AvgIpc) is 2.27. The van der Waals surface area contributed by atoms with Gasteiger partial charge in [-0.15, -0.1) is 0 Å². The van der Waals surface area contributed by atoms with Gasteiger partial charge >= 0.3 is 8.80 Å². The summed E-state index contributed by atoms with van der Waals surface area (Å²) >= 11 is 0. The van der Waals surface area contributed by atoms with Crippen LogP contribution in [0.1, 0.15) is 27.7 Å². The lowest BCUT2D eigenvalue weighted by molar-refractivity contribution is 0.000964. The average molecular weight is 294 g/mol. The van der Waals surface area contributed by atoms with Crippen LogP contribution >= 0.6 is 0 Å². The van der Waals surface area contributed by atoms with Crippen molar-refractivity contribution in [2.24, 2.45) is 0 Å². The first-order valence-corrected chi connectivity index (χ1v) is 12.3. The van der Waals surface area contributed by atoms with E-state index in [9.17, 15) is 0 Å². The second kappa shape index (κ2) is 7.76. The molecule has 0 aliphatic heterocycles.